The van der Waals surface area contributed by atoms with Gasteiger partial charge in [-0.3, -0.25) is 0 Å². The molecule has 1 heterocycles. The second kappa shape index (κ2) is 9.29. The van der Waals surface area contributed by atoms with Crippen molar-refractivity contribution in [2.24, 2.45) is 0 Å². The van der Waals surface area contributed by atoms with E-state index in [0.29, 0.717) is 21.8 Å². The van der Waals surface area contributed by atoms with Crippen LogP contribution < -0.4 is 10.6 Å². The maximum absolute atomic E-state index is 12.1. The Morgan fingerprint density at radius 1 is 0.964 bits per heavy atom. The minimum atomic E-state index is -0.609. The van der Waals surface area contributed by atoms with Crippen LogP contribution >= 0.6 is 23.6 Å². The van der Waals surface area contributed by atoms with Crippen LogP contribution in [-0.4, -0.2) is 44.3 Å². The Labute approximate surface area is 170 Å². The van der Waals surface area contributed by atoms with Gasteiger partial charge in [0.1, 0.15) is 9.88 Å². The van der Waals surface area contributed by atoms with Gasteiger partial charge in [0, 0.05) is 5.69 Å². The van der Waals surface area contributed by atoms with Gasteiger partial charge in [0.05, 0.1) is 32.5 Å². The third-order valence-corrected chi connectivity index (χ3v) is 5.07. The van der Waals surface area contributed by atoms with E-state index in [0.717, 1.165) is 11.3 Å². The molecule has 2 rings (SSSR count). The van der Waals surface area contributed by atoms with Crippen LogP contribution in [0.2, 0.25) is 0 Å². The van der Waals surface area contributed by atoms with Crippen molar-refractivity contribution in [3.63, 3.8) is 0 Å². The number of ether oxygens (including phenoxy) is 3. The monoisotopic (exact) mass is 422 g/mol. The van der Waals surface area contributed by atoms with Crippen LogP contribution in [0.3, 0.4) is 0 Å². The van der Waals surface area contributed by atoms with Crippen molar-refractivity contribution in [1.82, 2.24) is 0 Å². The van der Waals surface area contributed by atoms with Crippen LogP contribution in [0.4, 0.5) is 10.7 Å². The van der Waals surface area contributed by atoms with Gasteiger partial charge in [-0.25, -0.2) is 14.4 Å². The molecule has 0 bridgehead atoms. The van der Waals surface area contributed by atoms with Crippen LogP contribution in [0, 0.1) is 6.92 Å². The highest BCUT2D eigenvalue weighted by atomic mass is 32.1. The highest BCUT2D eigenvalue weighted by Gasteiger charge is 2.26. The minimum absolute atomic E-state index is 0.157. The normalized spacial score (nSPS) is 10.0. The molecule has 2 N–H and O–H groups in total. The maximum Gasteiger partial charge on any atom is 0.348 e. The lowest BCUT2D eigenvalue weighted by Crippen LogP contribution is -2.20. The SMILES string of the molecule is COC(=O)c1cccc(NC(=S)Nc2sc(C(=O)OC)c(C)c2C(=O)OC)c1. The Balaban J connectivity index is 2.27. The molecule has 0 spiro atoms. The van der Waals surface area contributed by atoms with E-state index >= 15 is 0 Å². The summed E-state index contributed by atoms with van der Waals surface area (Å²) in [6.07, 6.45) is 0. The molecular formula is C18H18N2O6S2. The first-order valence-electron chi connectivity index (χ1n) is 7.88. The van der Waals surface area contributed by atoms with Gasteiger partial charge in [-0.1, -0.05) is 6.07 Å². The second-order valence-electron chi connectivity index (χ2n) is 5.39. The molecule has 0 aliphatic heterocycles. The van der Waals surface area contributed by atoms with Gasteiger partial charge >= 0.3 is 17.9 Å². The summed E-state index contributed by atoms with van der Waals surface area (Å²) in [6.45, 7) is 1.62. The number of carbonyl (C=O) groups excluding carboxylic acids is 3. The number of hydrogen-bond acceptors (Lipinski definition) is 8. The first kappa shape index (κ1) is 21.3. The highest BCUT2D eigenvalue weighted by Crippen LogP contribution is 2.34. The number of thiophene rings is 1. The zero-order valence-corrected chi connectivity index (χ0v) is 17.2. The molecule has 0 aliphatic rings. The van der Waals surface area contributed by atoms with E-state index in [4.69, 9.17) is 21.7 Å². The summed E-state index contributed by atoms with van der Waals surface area (Å²) in [6, 6.07) is 6.55. The van der Waals surface area contributed by atoms with Crippen molar-refractivity contribution < 1.29 is 28.6 Å². The second-order valence-corrected chi connectivity index (χ2v) is 6.82. The number of anilines is 2. The Kier molecular flexibility index (Phi) is 7.07. The van der Waals surface area contributed by atoms with Crippen LogP contribution in [0.5, 0.6) is 0 Å². The maximum atomic E-state index is 12.1. The van der Waals surface area contributed by atoms with Crippen molar-refractivity contribution >= 4 is 57.3 Å². The van der Waals surface area contributed by atoms with Gasteiger partial charge in [-0.2, -0.15) is 0 Å². The van der Waals surface area contributed by atoms with Crippen LogP contribution in [0.25, 0.3) is 0 Å². The lowest BCUT2D eigenvalue weighted by Gasteiger charge is -2.11. The molecule has 1 aromatic carbocycles. The minimum Gasteiger partial charge on any atom is -0.465 e. The van der Waals surface area contributed by atoms with E-state index in [1.54, 1.807) is 31.2 Å². The smallest absolute Gasteiger partial charge is 0.348 e. The van der Waals surface area contributed by atoms with Gasteiger partial charge in [-0.05, 0) is 42.9 Å². The Morgan fingerprint density at radius 3 is 2.21 bits per heavy atom. The van der Waals surface area contributed by atoms with Crippen LogP contribution in [-0.2, 0) is 14.2 Å². The number of methoxy groups -OCH3 is 3. The molecule has 8 nitrogen and oxygen atoms in total. The van der Waals surface area contributed by atoms with Gasteiger partial charge in [-0.15, -0.1) is 11.3 Å². The van der Waals surface area contributed by atoms with E-state index in [1.165, 1.54) is 21.3 Å². The van der Waals surface area contributed by atoms with Gasteiger partial charge < -0.3 is 24.8 Å². The Morgan fingerprint density at radius 2 is 1.61 bits per heavy atom. The summed E-state index contributed by atoms with van der Waals surface area (Å²) in [5, 5.41) is 6.30. The number of nitrogens with one attached hydrogen (secondary N) is 2. The molecule has 10 heteroatoms. The van der Waals surface area contributed by atoms with Crippen LogP contribution in [0.15, 0.2) is 24.3 Å². The summed E-state index contributed by atoms with van der Waals surface area (Å²) < 4.78 is 14.2. The molecule has 0 amide bonds. The summed E-state index contributed by atoms with van der Waals surface area (Å²) in [5.74, 6) is -1.65. The highest BCUT2D eigenvalue weighted by molar-refractivity contribution is 7.80. The lowest BCUT2D eigenvalue weighted by atomic mass is 10.1. The van der Waals surface area contributed by atoms with E-state index in [9.17, 15) is 14.4 Å². The average Bonchev–Trinajstić information content (AvgIpc) is 3.01. The third-order valence-electron chi connectivity index (χ3n) is 3.68. The molecule has 0 unspecified atom stereocenters. The van der Waals surface area contributed by atoms with Gasteiger partial charge in [0.25, 0.3) is 0 Å². The van der Waals surface area contributed by atoms with Gasteiger partial charge in [0.2, 0.25) is 0 Å². The summed E-state index contributed by atoms with van der Waals surface area (Å²) in [4.78, 5) is 36.0. The van der Waals surface area contributed by atoms with Crippen molar-refractivity contribution in [1.29, 1.82) is 0 Å². The Hall–Kier alpha value is -2.98. The molecule has 0 saturated heterocycles. The lowest BCUT2D eigenvalue weighted by molar-refractivity contribution is 0.0589. The molecule has 0 radical (unpaired) electrons. The number of hydrogen-bond donors (Lipinski definition) is 2. The van der Waals surface area contributed by atoms with E-state index in [-0.39, 0.29) is 15.6 Å². The molecule has 28 heavy (non-hydrogen) atoms. The summed E-state index contributed by atoms with van der Waals surface area (Å²) >= 11 is 6.31. The van der Waals surface area contributed by atoms with Gasteiger partial charge in [0.15, 0.2) is 5.11 Å². The fourth-order valence-corrected chi connectivity index (χ4v) is 3.75. The molecule has 1 aromatic heterocycles. The number of rotatable bonds is 5. The number of benzene rings is 1. The number of thiocarbonyl (C=S) groups is 1. The Bertz CT molecular complexity index is 938. The van der Waals surface area contributed by atoms with E-state index < -0.39 is 17.9 Å². The predicted molar refractivity (Wildman–Crippen MR) is 109 cm³/mol. The van der Waals surface area contributed by atoms with Crippen molar-refractivity contribution in [3.8, 4) is 0 Å². The van der Waals surface area contributed by atoms with Crippen molar-refractivity contribution in [2.45, 2.75) is 6.92 Å². The summed E-state index contributed by atoms with van der Waals surface area (Å²) in [5.41, 5.74) is 1.52. The molecule has 0 saturated carbocycles. The largest absolute Gasteiger partial charge is 0.465 e. The molecule has 2 aromatic rings. The first-order chi connectivity index (χ1) is 13.3. The molecule has 0 aliphatic carbocycles. The number of esters is 3. The first-order valence-corrected chi connectivity index (χ1v) is 9.11. The predicted octanol–water partition coefficient (Wildman–Crippen LogP) is 3.23. The zero-order chi connectivity index (χ0) is 20.8. The molecule has 148 valence electrons. The fraction of sp³-hybridized carbons (Fsp3) is 0.222. The zero-order valence-electron chi connectivity index (χ0n) is 15.6. The molecule has 0 atom stereocenters. The van der Waals surface area contributed by atoms with Crippen molar-refractivity contribution in [2.75, 3.05) is 32.0 Å². The number of carbonyl (C=O) groups is 3. The quantitative estimate of drug-likeness (QED) is 0.427. The molecular weight excluding hydrogens is 404 g/mol. The van der Waals surface area contributed by atoms with Crippen LogP contribution in [0.1, 0.15) is 36.0 Å². The topological polar surface area (TPSA) is 103 Å². The van der Waals surface area contributed by atoms with Crippen molar-refractivity contribution in [3.05, 3.63) is 45.8 Å². The van der Waals surface area contributed by atoms with E-state index in [2.05, 4.69) is 15.4 Å². The molecule has 0 fully saturated rings. The fourth-order valence-electron chi connectivity index (χ4n) is 2.34. The third kappa shape index (κ3) is 4.65. The average molecular weight is 422 g/mol. The standard InChI is InChI=1S/C18H18N2O6S2/c1-9-12(16(22)25-3)14(28-13(9)17(23)26-4)20-18(27)19-11-7-5-6-10(8-11)15(21)24-2/h5-8H,1-4H3,(H2,19,20,27). The summed E-state index contributed by atoms with van der Waals surface area (Å²) in [7, 11) is 3.80. The van der Waals surface area contributed by atoms with E-state index in [1.807, 2.05) is 0 Å².